The predicted octanol–water partition coefficient (Wildman–Crippen LogP) is 1.73. The summed E-state index contributed by atoms with van der Waals surface area (Å²) < 4.78 is 3.35. The topological polar surface area (TPSA) is 36.2 Å². The summed E-state index contributed by atoms with van der Waals surface area (Å²) >= 11 is 5.14. The SMILES string of the molecule is N=C1C=CC=CC1=NCl. The van der Waals surface area contributed by atoms with E-state index in [0.717, 1.165) is 0 Å². The van der Waals surface area contributed by atoms with Gasteiger partial charge in [0.05, 0.1) is 5.71 Å². The lowest BCUT2D eigenvalue weighted by Crippen LogP contribution is -2.07. The predicted molar refractivity (Wildman–Crippen MR) is 39.3 cm³/mol. The van der Waals surface area contributed by atoms with Gasteiger partial charge < -0.3 is 0 Å². The molecule has 0 aromatic heterocycles. The van der Waals surface area contributed by atoms with Crippen molar-refractivity contribution in [2.45, 2.75) is 0 Å². The van der Waals surface area contributed by atoms with Crippen LogP contribution in [-0.2, 0) is 0 Å². The van der Waals surface area contributed by atoms with Crippen molar-refractivity contribution in [3.8, 4) is 0 Å². The Hall–Kier alpha value is -0.890. The maximum Gasteiger partial charge on any atom is 0.103 e. The zero-order valence-corrected chi connectivity index (χ0v) is 5.39. The Kier molecular flexibility index (Phi) is 1.80. The number of hydrogen-bond donors (Lipinski definition) is 1. The number of rotatable bonds is 0. The highest BCUT2D eigenvalue weighted by atomic mass is 35.5. The minimum atomic E-state index is 0.354. The third kappa shape index (κ3) is 1.27. The Bertz CT molecular complexity index is 213. The third-order valence-electron chi connectivity index (χ3n) is 0.995. The largest absolute Gasteiger partial charge is 0.299 e. The first-order valence-corrected chi connectivity index (χ1v) is 2.81. The zero-order chi connectivity index (χ0) is 6.69. The first-order valence-electron chi connectivity index (χ1n) is 2.47. The Morgan fingerprint density at radius 2 is 2.00 bits per heavy atom. The van der Waals surface area contributed by atoms with Crippen LogP contribution in [0.5, 0.6) is 0 Å². The molecule has 0 aromatic carbocycles. The molecule has 0 saturated heterocycles. The van der Waals surface area contributed by atoms with Crippen molar-refractivity contribution in [3.63, 3.8) is 0 Å². The Morgan fingerprint density at radius 3 is 2.44 bits per heavy atom. The molecule has 0 saturated carbocycles. The van der Waals surface area contributed by atoms with Crippen molar-refractivity contribution in [3.05, 3.63) is 24.3 Å². The van der Waals surface area contributed by atoms with Gasteiger partial charge in [-0.25, -0.2) is 0 Å². The van der Waals surface area contributed by atoms with Crippen molar-refractivity contribution >= 4 is 23.2 Å². The van der Waals surface area contributed by atoms with Crippen molar-refractivity contribution in [1.82, 2.24) is 0 Å². The van der Waals surface area contributed by atoms with Crippen molar-refractivity contribution in [2.24, 2.45) is 4.51 Å². The van der Waals surface area contributed by atoms with E-state index in [1.165, 1.54) is 0 Å². The normalized spacial score (nSPS) is 21.4. The maximum absolute atomic E-state index is 7.19. The van der Waals surface area contributed by atoms with Gasteiger partial charge in [-0.2, -0.15) is 4.51 Å². The molecule has 1 aliphatic rings. The van der Waals surface area contributed by atoms with E-state index >= 15 is 0 Å². The second-order valence-electron chi connectivity index (χ2n) is 1.60. The van der Waals surface area contributed by atoms with E-state index in [1.807, 2.05) is 0 Å². The molecule has 1 N–H and O–H groups in total. The monoisotopic (exact) mass is 140 g/mol. The molecule has 2 nitrogen and oxygen atoms in total. The van der Waals surface area contributed by atoms with Gasteiger partial charge in [0.2, 0.25) is 0 Å². The molecule has 0 unspecified atom stereocenters. The molecule has 0 fully saturated rings. The summed E-state index contributed by atoms with van der Waals surface area (Å²) in [4.78, 5) is 0. The van der Waals surface area contributed by atoms with Crippen LogP contribution in [0.4, 0.5) is 0 Å². The van der Waals surface area contributed by atoms with Crippen LogP contribution in [0.3, 0.4) is 0 Å². The molecule has 0 spiro atoms. The molecule has 0 aromatic rings. The fourth-order valence-corrected chi connectivity index (χ4v) is 0.695. The van der Waals surface area contributed by atoms with Gasteiger partial charge >= 0.3 is 0 Å². The molecular weight excluding hydrogens is 136 g/mol. The van der Waals surface area contributed by atoms with Gasteiger partial charge in [0, 0.05) is 11.8 Å². The fraction of sp³-hybridized carbons (Fsp3) is 0. The van der Waals surface area contributed by atoms with Gasteiger partial charge in [-0.3, -0.25) is 5.41 Å². The molecule has 46 valence electrons. The van der Waals surface area contributed by atoms with Crippen LogP contribution in [0.25, 0.3) is 0 Å². The van der Waals surface area contributed by atoms with E-state index < -0.39 is 0 Å². The quantitative estimate of drug-likeness (QED) is 0.498. The van der Waals surface area contributed by atoms with Gasteiger partial charge in [0.1, 0.15) is 5.71 Å². The van der Waals surface area contributed by atoms with Gasteiger partial charge in [-0.1, -0.05) is 12.2 Å². The number of hydrogen-bond acceptors (Lipinski definition) is 2. The Labute approximate surface area is 58.2 Å². The summed E-state index contributed by atoms with van der Waals surface area (Å²) in [6.07, 6.45) is 6.89. The molecule has 9 heavy (non-hydrogen) atoms. The lowest BCUT2D eigenvalue weighted by Gasteiger charge is -1.97. The number of nitrogens with one attached hydrogen (secondary N) is 1. The minimum absolute atomic E-state index is 0.354. The Morgan fingerprint density at radius 1 is 1.33 bits per heavy atom. The van der Waals surface area contributed by atoms with E-state index in [4.69, 9.17) is 17.2 Å². The van der Waals surface area contributed by atoms with E-state index in [1.54, 1.807) is 24.3 Å². The molecule has 0 aliphatic heterocycles. The van der Waals surface area contributed by atoms with Crippen molar-refractivity contribution in [2.75, 3.05) is 0 Å². The summed E-state index contributed by atoms with van der Waals surface area (Å²) in [7, 11) is 0. The second-order valence-corrected chi connectivity index (χ2v) is 1.77. The molecule has 0 atom stereocenters. The van der Waals surface area contributed by atoms with Crippen LogP contribution in [0.1, 0.15) is 0 Å². The third-order valence-corrected chi connectivity index (χ3v) is 1.18. The first-order chi connectivity index (χ1) is 4.34. The summed E-state index contributed by atoms with van der Waals surface area (Å²) in [6.45, 7) is 0. The Balaban J connectivity index is 2.91. The van der Waals surface area contributed by atoms with Gasteiger partial charge in [-0.05, 0) is 12.2 Å². The van der Waals surface area contributed by atoms with Crippen LogP contribution in [0.2, 0.25) is 0 Å². The molecule has 0 bridgehead atoms. The average molecular weight is 141 g/mol. The van der Waals surface area contributed by atoms with Crippen LogP contribution >= 0.6 is 11.8 Å². The molecule has 1 aliphatic carbocycles. The minimum Gasteiger partial charge on any atom is -0.299 e. The van der Waals surface area contributed by atoms with E-state index in [2.05, 4.69) is 4.51 Å². The summed E-state index contributed by atoms with van der Waals surface area (Å²) in [5, 5.41) is 7.19. The van der Waals surface area contributed by atoms with Crippen LogP contribution < -0.4 is 0 Å². The van der Waals surface area contributed by atoms with E-state index in [9.17, 15) is 0 Å². The van der Waals surface area contributed by atoms with Crippen LogP contribution in [0, 0.1) is 5.41 Å². The van der Waals surface area contributed by atoms with Gasteiger partial charge in [-0.15, -0.1) is 0 Å². The molecule has 1 rings (SSSR count). The van der Waals surface area contributed by atoms with Crippen molar-refractivity contribution in [1.29, 1.82) is 5.41 Å². The molecular formula is C6H5ClN2. The lowest BCUT2D eigenvalue weighted by molar-refractivity contribution is 1.54. The highest BCUT2D eigenvalue weighted by Gasteiger charge is 2.00. The summed E-state index contributed by atoms with van der Waals surface area (Å²) in [5.41, 5.74) is 0.867. The molecule has 3 heteroatoms. The zero-order valence-electron chi connectivity index (χ0n) is 4.63. The smallest absolute Gasteiger partial charge is 0.103 e. The average Bonchev–Trinajstić information content (AvgIpc) is 1.89. The number of halogens is 1. The van der Waals surface area contributed by atoms with Crippen LogP contribution in [0.15, 0.2) is 28.8 Å². The van der Waals surface area contributed by atoms with E-state index in [-0.39, 0.29) is 0 Å². The summed E-state index contributed by atoms with van der Waals surface area (Å²) in [6, 6.07) is 0. The van der Waals surface area contributed by atoms with Gasteiger partial charge in [0.25, 0.3) is 0 Å². The molecule has 0 radical (unpaired) electrons. The maximum atomic E-state index is 7.19. The first kappa shape index (κ1) is 6.23. The number of nitrogens with zero attached hydrogens (tertiary/aromatic N) is 1. The van der Waals surface area contributed by atoms with E-state index in [0.29, 0.717) is 11.4 Å². The fourth-order valence-electron chi connectivity index (χ4n) is 0.547. The van der Waals surface area contributed by atoms with Gasteiger partial charge in [0.15, 0.2) is 0 Å². The van der Waals surface area contributed by atoms with Crippen LogP contribution in [-0.4, -0.2) is 11.4 Å². The lowest BCUT2D eigenvalue weighted by atomic mass is 10.1. The van der Waals surface area contributed by atoms with Crippen molar-refractivity contribution < 1.29 is 0 Å². The summed E-state index contributed by atoms with van der Waals surface area (Å²) in [5.74, 6) is 0. The highest BCUT2D eigenvalue weighted by Crippen LogP contribution is 1.96. The molecule has 0 amide bonds. The highest BCUT2D eigenvalue weighted by molar-refractivity contribution is 6.52. The standard InChI is InChI=1S/C6H5ClN2/c7-9-6-4-2-1-3-5(6)8/h1-4,8H. The number of allylic oxidation sites excluding steroid dienone is 4. The molecule has 0 heterocycles. The second kappa shape index (κ2) is 2.60.